The summed E-state index contributed by atoms with van der Waals surface area (Å²) in [4.78, 5) is 31.6. The molecular formula is C19H25N3O2S. The van der Waals surface area contributed by atoms with Crippen LogP contribution in [-0.4, -0.2) is 21.1 Å². The molecule has 0 bridgehead atoms. The summed E-state index contributed by atoms with van der Waals surface area (Å²) in [5.74, 6) is -0.0836. The number of aryl methyl sites for hydroxylation is 2. The third-order valence-corrected chi connectivity index (χ3v) is 5.01. The van der Waals surface area contributed by atoms with Crippen LogP contribution in [0.5, 0.6) is 0 Å². The molecule has 0 aliphatic carbocycles. The summed E-state index contributed by atoms with van der Waals surface area (Å²) < 4.78 is 0. The molecule has 0 aliphatic heterocycles. The van der Waals surface area contributed by atoms with E-state index in [1.165, 1.54) is 17.8 Å². The van der Waals surface area contributed by atoms with Crippen molar-refractivity contribution in [1.29, 1.82) is 0 Å². The molecule has 0 fully saturated rings. The minimum Gasteiger partial charge on any atom is -0.325 e. The maximum absolute atomic E-state index is 12.5. The molecular weight excluding hydrogens is 334 g/mol. The molecule has 0 radical (unpaired) electrons. The van der Waals surface area contributed by atoms with Crippen LogP contribution >= 0.6 is 11.8 Å². The highest BCUT2D eigenvalue weighted by molar-refractivity contribution is 8.00. The van der Waals surface area contributed by atoms with E-state index in [-0.39, 0.29) is 16.7 Å². The quantitative estimate of drug-likeness (QED) is 0.553. The first kappa shape index (κ1) is 19.2. The fraction of sp³-hybridized carbons (Fsp3) is 0.421. The molecule has 0 saturated heterocycles. The van der Waals surface area contributed by atoms with Gasteiger partial charge < -0.3 is 10.3 Å². The number of nitrogens with one attached hydrogen (secondary N) is 2. The number of nitrogens with zero attached hydrogens (tertiary/aromatic N) is 1. The van der Waals surface area contributed by atoms with Crippen LogP contribution in [0.3, 0.4) is 0 Å². The van der Waals surface area contributed by atoms with Crippen LogP contribution in [0.1, 0.15) is 44.4 Å². The zero-order valence-corrected chi connectivity index (χ0v) is 15.8. The number of aromatic nitrogens is 2. The Kier molecular flexibility index (Phi) is 7.25. The van der Waals surface area contributed by atoms with Gasteiger partial charge in [0.1, 0.15) is 0 Å². The number of carbonyl (C=O) groups excluding carboxylic acids is 1. The molecule has 25 heavy (non-hydrogen) atoms. The number of rotatable bonds is 8. The Labute approximate surface area is 152 Å². The number of hydrogen-bond acceptors (Lipinski definition) is 4. The SMILES string of the molecule is CCCCc1cc(=O)[nH]c(SC(CC)C(=O)Nc2cccc(C)c2)n1. The normalized spacial score (nSPS) is 12.0. The minimum atomic E-state index is -0.315. The second kappa shape index (κ2) is 9.42. The number of hydrogen-bond donors (Lipinski definition) is 2. The molecule has 0 saturated carbocycles. The van der Waals surface area contributed by atoms with Gasteiger partial charge in [-0.25, -0.2) is 4.98 Å². The molecule has 1 aromatic heterocycles. The van der Waals surface area contributed by atoms with Crippen molar-refractivity contribution < 1.29 is 4.79 Å². The Morgan fingerprint density at radius 2 is 2.12 bits per heavy atom. The summed E-state index contributed by atoms with van der Waals surface area (Å²) in [6, 6.07) is 9.23. The van der Waals surface area contributed by atoms with Crippen molar-refractivity contribution in [3.8, 4) is 0 Å². The fourth-order valence-corrected chi connectivity index (χ4v) is 3.36. The third-order valence-electron chi connectivity index (χ3n) is 3.76. The Morgan fingerprint density at radius 3 is 2.80 bits per heavy atom. The van der Waals surface area contributed by atoms with E-state index in [2.05, 4.69) is 22.2 Å². The van der Waals surface area contributed by atoms with Gasteiger partial charge in [0.2, 0.25) is 5.91 Å². The van der Waals surface area contributed by atoms with Crippen LogP contribution < -0.4 is 10.9 Å². The fourth-order valence-electron chi connectivity index (χ4n) is 2.43. The largest absolute Gasteiger partial charge is 0.325 e. The zero-order chi connectivity index (χ0) is 18.2. The highest BCUT2D eigenvalue weighted by Crippen LogP contribution is 2.23. The van der Waals surface area contributed by atoms with Gasteiger partial charge in [-0.05, 0) is 43.9 Å². The molecule has 0 spiro atoms. The highest BCUT2D eigenvalue weighted by atomic mass is 32.2. The summed E-state index contributed by atoms with van der Waals surface area (Å²) in [6.07, 6.45) is 3.46. The Hall–Kier alpha value is -2.08. The summed E-state index contributed by atoms with van der Waals surface area (Å²) in [5.41, 5.74) is 2.48. The third kappa shape index (κ3) is 6.05. The number of amides is 1. The van der Waals surface area contributed by atoms with Crippen molar-refractivity contribution >= 4 is 23.4 Å². The van der Waals surface area contributed by atoms with E-state index in [0.717, 1.165) is 36.2 Å². The van der Waals surface area contributed by atoms with E-state index in [9.17, 15) is 9.59 Å². The van der Waals surface area contributed by atoms with E-state index in [1.54, 1.807) is 0 Å². The van der Waals surface area contributed by atoms with Crippen molar-refractivity contribution in [2.75, 3.05) is 5.32 Å². The van der Waals surface area contributed by atoms with Crippen LogP contribution in [0.15, 0.2) is 40.3 Å². The molecule has 134 valence electrons. The Balaban J connectivity index is 2.09. The monoisotopic (exact) mass is 359 g/mol. The van der Waals surface area contributed by atoms with Gasteiger partial charge in [0.15, 0.2) is 5.16 Å². The van der Waals surface area contributed by atoms with Crippen LogP contribution in [-0.2, 0) is 11.2 Å². The number of unbranched alkanes of at least 4 members (excludes halogenated alkanes) is 1. The predicted molar refractivity (Wildman–Crippen MR) is 103 cm³/mol. The predicted octanol–water partition coefficient (Wildman–Crippen LogP) is 3.93. The summed E-state index contributed by atoms with van der Waals surface area (Å²) in [7, 11) is 0. The van der Waals surface area contributed by atoms with Gasteiger partial charge in [0.05, 0.1) is 5.25 Å². The average molecular weight is 359 g/mol. The van der Waals surface area contributed by atoms with Gasteiger partial charge in [-0.15, -0.1) is 0 Å². The minimum absolute atomic E-state index is 0.0836. The van der Waals surface area contributed by atoms with Crippen molar-refractivity contribution in [3.05, 3.63) is 51.9 Å². The number of anilines is 1. The highest BCUT2D eigenvalue weighted by Gasteiger charge is 2.19. The first-order valence-corrected chi connectivity index (χ1v) is 9.54. The van der Waals surface area contributed by atoms with Crippen molar-refractivity contribution in [1.82, 2.24) is 9.97 Å². The molecule has 1 unspecified atom stereocenters. The molecule has 1 heterocycles. The molecule has 5 nitrogen and oxygen atoms in total. The Bertz CT molecular complexity index is 773. The molecule has 2 rings (SSSR count). The van der Waals surface area contributed by atoms with Crippen molar-refractivity contribution in [3.63, 3.8) is 0 Å². The topological polar surface area (TPSA) is 74.8 Å². The first-order chi connectivity index (χ1) is 12.0. The summed E-state index contributed by atoms with van der Waals surface area (Å²) >= 11 is 1.30. The lowest BCUT2D eigenvalue weighted by molar-refractivity contribution is -0.115. The van der Waals surface area contributed by atoms with Gasteiger partial charge in [-0.3, -0.25) is 9.59 Å². The molecule has 2 N–H and O–H groups in total. The van der Waals surface area contributed by atoms with Crippen LogP contribution in [0.25, 0.3) is 0 Å². The van der Waals surface area contributed by atoms with E-state index in [4.69, 9.17) is 0 Å². The maximum Gasteiger partial charge on any atom is 0.251 e. The molecule has 1 amide bonds. The van der Waals surface area contributed by atoms with Gasteiger partial charge in [-0.2, -0.15) is 0 Å². The van der Waals surface area contributed by atoms with Crippen LogP contribution in [0.4, 0.5) is 5.69 Å². The van der Waals surface area contributed by atoms with Gasteiger partial charge in [-0.1, -0.05) is 44.2 Å². The number of carbonyl (C=O) groups is 1. The lowest BCUT2D eigenvalue weighted by Crippen LogP contribution is -2.25. The Morgan fingerprint density at radius 1 is 1.32 bits per heavy atom. The molecule has 1 aromatic carbocycles. The summed E-state index contributed by atoms with van der Waals surface area (Å²) in [6.45, 7) is 6.04. The van der Waals surface area contributed by atoms with E-state index < -0.39 is 0 Å². The zero-order valence-electron chi connectivity index (χ0n) is 15.0. The number of thioether (sulfide) groups is 1. The standard InChI is InChI=1S/C19H25N3O2S/c1-4-6-9-15-12-17(23)22-19(21-15)25-16(5-2)18(24)20-14-10-7-8-13(3)11-14/h7-8,10-12,16H,4-6,9H2,1-3H3,(H,20,24)(H,21,22,23). The first-order valence-electron chi connectivity index (χ1n) is 8.66. The van der Waals surface area contributed by atoms with Gasteiger partial charge >= 0.3 is 0 Å². The van der Waals surface area contributed by atoms with Crippen LogP contribution in [0.2, 0.25) is 0 Å². The van der Waals surface area contributed by atoms with Crippen molar-refractivity contribution in [2.24, 2.45) is 0 Å². The molecule has 1 atom stereocenters. The lowest BCUT2D eigenvalue weighted by Gasteiger charge is -2.14. The molecule has 0 aliphatic rings. The molecule has 6 heteroatoms. The van der Waals surface area contributed by atoms with Gasteiger partial charge in [0.25, 0.3) is 5.56 Å². The summed E-state index contributed by atoms with van der Waals surface area (Å²) in [5, 5.41) is 3.13. The van der Waals surface area contributed by atoms with E-state index in [1.807, 2.05) is 38.1 Å². The van der Waals surface area contributed by atoms with Crippen molar-refractivity contribution in [2.45, 2.75) is 56.9 Å². The number of benzene rings is 1. The smallest absolute Gasteiger partial charge is 0.251 e. The second-order valence-electron chi connectivity index (χ2n) is 6.02. The number of H-pyrrole nitrogens is 1. The lowest BCUT2D eigenvalue weighted by atomic mass is 10.2. The second-order valence-corrected chi connectivity index (χ2v) is 7.21. The van der Waals surface area contributed by atoms with Gasteiger partial charge in [0, 0.05) is 17.4 Å². The van der Waals surface area contributed by atoms with E-state index >= 15 is 0 Å². The molecule has 2 aromatic rings. The number of aromatic amines is 1. The van der Waals surface area contributed by atoms with Crippen LogP contribution in [0, 0.1) is 6.92 Å². The maximum atomic E-state index is 12.5. The average Bonchev–Trinajstić information content (AvgIpc) is 2.57. The van der Waals surface area contributed by atoms with E-state index in [0.29, 0.717) is 11.6 Å².